The van der Waals surface area contributed by atoms with E-state index < -0.39 is 0 Å². The van der Waals surface area contributed by atoms with Gasteiger partial charge in [0.05, 0.1) is 5.69 Å². The van der Waals surface area contributed by atoms with Gasteiger partial charge in [-0.3, -0.25) is 4.79 Å². The largest absolute Gasteiger partial charge is 0.312 e. The summed E-state index contributed by atoms with van der Waals surface area (Å²) in [4.78, 5) is 14.7. The summed E-state index contributed by atoms with van der Waals surface area (Å²) in [5.41, 5.74) is 1.94. The van der Waals surface area contributed by atoms with Gasteiger partial charge in [-0.05, 0) is 42.8 Å². The third kappa shape index (κ3) is 2.04. The van der Waals surface area contributed by atoms with Crippen LogP contribution in [0.15, 0.2) is 36.4 Å². The van der Waals surface area contributed by atoms with E-state index in [2.05, 4.69) is 30.4 Å². The molecule has 1 aliphatic heterocycles. The summed E-state index contributed by atoms with van der Waals surface area (Å²) in [5.74, 6) is 0.894. The van der Waals surface area contributed by atoms with Gasteiger partial charge in [-0.25, -0.2) is 0 Å². The number of carbonyl (C=O) groups excluding carboxylic acids is 1. The number of hydrogen-bond donors (Lipinski definition) is 1. The molecule has 0 saturated heterocycles. The first kappa shape index (κ1) is 12.8. The molecule has 1 fully saturated rings. The molecular weight excluding hydrogens is 260 g/mol. The summed E-state index contributed by atoms with van der Waals surface area (Å²) in [5, 5.41) is 5.84. The highest BCUT2D eigenvalue weighted by atomic mass is 16.2. The van der Waals surface area contributed by atoms with Crippen LogP contribution in [0.3, 0.4) is 0 Å². The Kier molecular flexibility index (Phi) is 2.96. The van der Waals surface area contributed by atoms with E-state index >= 15 is 0 Å². The molecular formula is C18H20N2O. The van der Waals surface area contributed by atoms with E-state index in [1.54, 1.807) is 0 Å². The van der Waals surface area contributed by atoms with Crippen LogP contribution in [0.25, 0.3) is 10.8 Å². The minimum absolute atomic E-state index is 0.158. The van der Waals surface area contributed by atoms with E-state index in [4.69, 9.17) is 0 Å². The van der Waals surface area contributed by atoms with Crippen LogP contribution in [-0.2, 0) is 0 Å². The summed E-state index contributed by atoms with van der Waals surface area (Å²) < 4.78 is 0. The van der Waals surface area contributed by atoms with E-state index in [9.17, 15) is 4.79 Å². The normalized spacial score (nSPS) is 18.5. The first-order valence-electron chi connectivity index (χ1n) is 7.86. The molecule has 2 aromatic carbocycles. The van der Waals surface area contributed by atoms with Crippen LogP contribution in [0.4, 0.5) is 5.69 Å². The number of amides is 1. The lowest BCUT2D eigenvalue weighted by Crippen LogP contribution is -2.43. The van der Waals surface area contributed by atoms with E-state index in [1.165, 1.54) is 12.8 Å². The quantitative estimate of drug-likeness (QED) is 0.912. The molecule has 1 atom stereocenters. The average Bonchev–Trinajstić information content (AvgIpc) is 3.31. The molecule has 108 valence electrons. The number of nitrogens with one attached hydrogen (secondary N) is 1. The van der Waals surface area contributed by atoms with E-state index in [0.29, 0.717) is 6.04 Å². The predicted octanol–water partition coefficient (Wildman–Crippen LogP) is 3.19. The van der Waals surface area contributed by atoms with Gasteiger partial charge in [0.15, 0.2) is 0 Å². The molecule has 4 rings (SSSR count). The number of anilines is 1. The summed E-state index contributed by atoms with van der Waals surface area (Å²) in [6.07, 6.45) is 2.58. The monoisotopic (exact) mass is 280 g/mol. The number of nitrogens with zero attached hydrogens (tertiary/aromatic N) is 1. The highest BCUT2D eigenvalue weighted by molar-refractivity contribution is 6.25. The van der Waals surface area contributed by atoms with Crippen molar-refractivity contribution in [2.24, 2.45) is 5.92 Å². The van der Waals surface area contributed by atoms with Gasteiger partial charge in [-0.15, -0.1) is 0 Å². The number of hydrogen-bond acceptors (Lipinski definition) is 2. The molecule has 1 amide bonds. The second kappa shape index (κ2) is 4.85. The Balaban J connectivity index is 1.72. The zero-order valence-corrected chi connectivity index (χ0v) is 12.3. The third-order valence-electron chi connectivity index (χ3n) is 4.69. The van der Waals surface area contributed by atoms with Crippen LogP contribution in [0.5, 0.6) is 0 Å². The van der Waals surface area contributed by atoms with Gasteiger partial charge in [-0.1, -0.05) is 31.2 Å². The molecule has 1 unspecified atom stereocenters. The second-order valence-corrected chi connectivity index (χ2v) is 6.10. The Labute approximate surface area is 124 Å². The van der Waals surface area contributed by atoms with Gasteiger partial charge >= 0.3 is 0 Å². The first-order valence-corrected chi connectivity index (χ1v) is 7.86. The Hall–Kier alpha value is -1.87. The smallest absolute Gasteiger partial charge is 0.259 e. The fraction of sp³-hybridized carbons (Fsp3) is 0.389. The van der Waals surface area contributed by atoms with Crippen LogP contribution in [0, 0.1) is 5.92 Å². The molecule has 1 aliphatic carbocycles. The van der Waals surface area contributed by atoms with Gasteiger partial charge in [0, 0.05) is 23.5 Å². The SMILES string of the molecule is CCNC(CN1C(=O)c2cccc3cccc1c23)C1CC1. The first-order chi connectivity index (χ1) is 10.3. The molecule has 0 aromatic heterocycles. The Bertz CT molecular complexity index is 700. The van der Waals surface area contributed by atoms with E-state index in [1.807, 2.05) is 23.1 Å². The molecule has 3 nitrogen and oxygen atoms in total. The van der Waals surface area contributed by atoms with Gasteiger partial charge in [0.2, 0.25) is 0 Å². The Morgan fingerprint density at radius 2 is 2.00 bits per heavy atom. The summed E-state index contributed by atoms with van der Waals surface area (Å²) in [6.45, 7) is 3.88. The maximum absolute atomic E-state index is 12.8. The number of likely N-dealkylation sites (N-methyl/N-ethyl adjacent to an activating group) is 1. The van der Waals surface area contributed by atoms with Gasteiger partial charge in [0.1, 0.15) is 0 Å². The van der Waals surface area contributed by atoms with Crippen LogP contribution in [0.2, 0.25) is 0 Å². The lowest BCUT2D eigenvalue weighted by Gasteiger charge is -2.25. The molecule has 0 bridgehead atoms. The number of carbonyl (C=O) groups is 1. The van der Waals surface area contributed by atoms with E-state index in [-0.39, 0.29) is 5.91 Å². The fourth-order valence-electron chi connectivity index (χ4n) is 3.50. The Morgan fingerprint density at radius 3 is 2.71 bits per heavy atom. The van der Waals surface area contributed by atoms with Crippen molar-refractivity contribution in [2.45, 2.75) is 25.8 Å². The predicted molar refractivity (Wildman–Crippen MR) is 85.8 cm³/mol. The highest BCUT2D eigenvalue weighted by Gasteiger charge is 2.36. The molecule has 1 N–H and O–H groups in total. The van der Waals surface area contributed by atoms with Crippen molar-refractivity contribution in [3.05, 3.63) is 42.0 Å². The minimum Gasteiger partial charge on any atom is -0.312 e. The maximum Gasteiger partial charge on any atom is 0.259 e. The van der Waals surface area contributed by atoms with Gasteiger partial charge < -0.3 is 10.2 Å². The molecule has 0 radical (unpaired) electrons. The van der Waals surface area contributed by atoms with Crippen LogP contribution in [-0.4, -0.2) is 25.0 Å². The third-order valence-corrected chi connectivity index (χ3v) is 4.69. The summed E-state index contributed by atoms with van der Waals surface area (Å²) >= 11 is 0. The molecule has 21 heavy (non-hydrogen) atoms. The van der Waals surface area contributed by atoms with Crippen molar-refractivity contribution in [1.29, 1.82) is 0 Å². The van der Waals surface area contributed by atoms with Crippen LogP contribution < -0.4 is 10.2 Å². The number of rotatable bonds is 5. The van der Waals surface area contributed by atoms with Crippen molar-refractivity contribution in [3.8, 4) is 0 Å². The van der Waals surface area contributed by atoms with Crippen molar-refractivity contribution in [3.63, 3.8) is 0 Å². The zero-order chi connectivity index (χ0) is 14.4. The number of benzene rings is 2. The zero-order valence-electron chi connectivity index (χ0n) is 12.3. The molecule has 0 spiro atoms. The van der Waals surface area contributed by atoms with Crippen molar-refractivity contribution >= 4 is 22.4 Å². The maximum atomic E-state index is 12.8. The van der Waals surface area contributed by atoms with Crippen molar-refractivity contribution < 1.29 is 4.79 Å². The molecule has 2 aromatic rings. The topological polar surface area (TPSA) is 32.3 Å². The van der Waals surface area contributed by atoms with Gasteiger partial charge in [-0.2, -0.15) is 0 Å². The van der Waals surface area contributed by atoms with Crippen LogP contribution in [0.1, 0.15) is 30.1 Å². The lowest BCUT2D eigenvalue weighted by molar-refractivity contribution is 0.0990. The average molecular weight is 280 g/mol. The fourth-order valence-corrected chi connectivity index (χ4v) is 3.50. The Morgan fingerprint density at radius 1 is 1.24 bits per heavy atom. The van der Waals surface area contributed by atoms with Crippen LogP contribution >= 0.6 is 0 Å². The van der Waals surface area contributed by atoms with Gasteiger partial charge in [0.25, 0.3) is 5.91 Å². The highest BCUT2D eigenvalue weighted by Crippen LogP contribution is 2.39. The molecule has 2 aliphatic rings. The molecule has 1 saturated carbocycles. The standard InChI is InChI=1S/C18H20N2O/c1-2-19-15(12-9-10-12)11-20-16-8-4-6-13-5-3-7-14(17(13)16)18(20)21/h3-8,12,15,19H,2,9-11H2,1H3. The molecule has 1 heterocycles. The summed E-state index contributed by atoms with van der Waals surface area (Å²) in [6, 6.07) is 12.6. The molecule has 3 heteroatoms. The lowest BCUT2D eigenvalue weighted by atomic mass is 10.1. The van der Waals surface area contributed by atoms with Crippen molar-refractivity contribution in [2.75, 3.05) is 18.0 Å². The van der Waals surface area contributed by atoms with Crippen molar-refractivity contribution in [1.82, 2.24) is 5.32 Å². The summed E-state index contributed by atoms with van der Waals surface area (Å²) in [7, 11) is 0. The van der Waals surface area contributed by atoms with E-state index in [0.717, 1.165) is 41.0 Å². The second-order valence-electron chi connectivity index (χ2n) is 6.10. The minimum atomic E-state index is 0.158.